The molecule has 0 spiro atoms. The fraction of sp³-hybridized carbons (Fsp3) is 0.118. The first kappa shape index (κ1) is 17.5. The van der Waals surface area contributed by atoms with E-state index in [-0.39, 0.29) is 0 Å². The number of halogens is 1. The Morgan fingerprint density at radius 3 is 2.70 bits per heavy atom. The second-order valence-electron chi connectivity index (χ2n) is 5.52. The molecule has 3 aromatic heterocycles. The number of benzene rings is 1. The molecule has 1 aromatic carbocycles. The Morgan fingerprint density at radius 1 is 1.04 bits per heavy atom. The van der Waals surface area contributed by atoms with Gasteiger partial charge in [0.05, 0.1) is 0 Å². The molecule has 4 aromatic rings. The zero-order valence-electron chi connectivity index (χ0n) is 14.0. The molecular formula is C17H14ClN7OS. The maximum Gasteiger partial charge on any atom is 0.247 e. The summed E-state index contributed by atoms with van der Waals surface area (Å²) >= 11 is 7.46. The molecular weight excluding hydrogens is 386 g/mol. The van der Waals surface area contributed by atoms with Gasteiger partial charge in [-0.2, -0.15) is 0 Å². The number of nitrogen functional groups attached to an aromatic ring is 1. The smallest absolute Gasteiger partial charge is 0.247 e. The number of nitrogens with zero attached hydrogens (tertiary/aromatic N) is 6. The minimum atomic E-state index is 0.444. The van der Waals surface area contributed by atoms with Crippen LogP contribution in [0.5, 0.6) is 0 Å². The predicted octanol–water partition coefficient (Wildman–Crippen LogP) is 3.09. The lowest BCUT2D eigenvalue weighted by molar-refractivity contribution is 0.514. The lowest BCUT2D eigenvalue weighted by Gasteiger charge is -2.02. The van der Waals surface area contributed by atoms with Crippen LogP contribution in [0.3, 0.4) is 0 Å². The maximum atomic E-state index is 6.10. The average molecular weight is 400 g/mol. The maximum absolute atomic E-state index is 6.10. The summed E-state index contributed by atoms with van der Waals surface area (Å²) < 4.78 is 7.16. The van der Waals surface area contributed by atoms with Crippen LogP contribution < -0.4 is 5.84 Å². The van der Waals surface area contributed by atoms with Gasteiger partial charge in [-0.25, -0.2) is 4.68 Å². The van der Waals surface area contributed by atoms with Crippen molar-refractivity contribution in [2.45, 2.75) is 11.6 Å². The van der Waals surface area contributed by atoms with Gasteiger partial charge in [-0.05, 0) is 30.3 Å². The number of hydrogen-bond acceptors (Lipinski definition) is 8. The van der Waals surface area contributed by atoms with Crippen LogP contribution >= 0.6 is 23.4 Å². The normalized spacial score (nSPS) is 11.0. The van der Waals surface area contributed by atoms with Crippen LogP contribution in [0.1, 0.15) is 5.89 Å². The average Bonchev–Trinajstić information content (AvgIpc) is 3.30. The standard InChI is InChI=1S/C17H14ClN7OS/c18-13-3-1-2-12(10-13)16-23-21-14(26-16)6-9-27-17-24-22-15(25(17)19)11-4-7-20-8-5-11/h1-5,7-8,10H,6,9,19H2. The number of rotatable bonds is 6. The number of aryl methyl sites for hydroxylation is 1. The second-order valence-corrected chi connectivity index (χ2v) is 7.02. The van der Waals surface area contributed by atoms with E-state index in [2.05, 4.69) is 25.4 Å². The van der Waals surface area contributed by atoms with Gasteiger partial charge in [-0.1, -0.05) is 29.4 Å². The molecule has 0 aliphatic heterocycles. The van der Waals surface area contributed by atoms with Crippen molar-refractivity contribution < 1.29 is 4.42 Å². The molecule has 2 N–H and O–H groups in total. The van der Waals surface area contributed by atoms with E-state index in [1.807, 2.05) is 24.3 Å². The number of nitrogens with two attached hydrogens (primary N) is 1. The molecule has 0 saturated heterocycles. The van der Waals surface area contributed by atoms with Gasteiger partial charge in [0, 0.05) is 40.7 Å². The molecule has 27 heavy (non-hydrogen) atoms. The highest BCUT2D eigenvalue weighted by Crippen LogP contribution is 2.24. The lowest BCUT2D eigenvalue weighted by Crippen LogP contribution is -2.11. The van der Waals surface area contributed by atoms with E-state index >= 15 is 0 Å². The van der Waals surface area contributed by atoms with Gasteiger partial charge in [-0.15, -0.1) is 20.4 Å². The zero-order valence-corrected chi connectivity index (χ0v) is 15.6. The van der Waals surface area contributed by atoms with E-state index in [1.165, 1.54) is 16.4 Å². The van der Waals surface area contributed by atoms with E-state index in [0.29, 0.717) is 40.0 Å². The van der Waals surface area contributed by atoms with Crippen molar-refractivity contribution in [3.63, 3.8) is 0 Å². The minimum Gasteiger partial charge on any atom is -0.421 e. The molecule has 0 aliphatic carbocycles. The quantitative estimate of drug-likeness (QED) is 0.389. The summed E-state index contributed by atoms with van der Waals surface area (Å²) in [5, 5.41) is 17.6. The van der Waals surface area contributed by atoms with Crippen molar-refractivity contribution in [1.82, 2.24) is 30.1 Å². The molecule has 3 heterocycles. The van der Waals surface area contributed by atoms with E-state index in [1.54, 1.807) is 24.5 Å². The van der Waals surface area contributed by atoms with E-state index < -0.39 is 0 Å². The van der Waals surface area contributed by atoms with Crippen molar-refractivity contribution in [3.8, 4) is 22.8 Å². The molecule has 0 unspecified atom stereocenters. The molecule has 0 radical (unpaired) electrons. The van der Waals surface area contributed by atoms with Crippen molar-refractivity contribution in [3.05, 3.63) is 59.7 Å². The highest BCUT2D eigenvalue weighted by atomic mass is 35.5. The van der Waals surface area contributed by atoms with Gasteiger partial charge in [0.15, 0.2) is 5.82 Å². The Morgan fingerprint density at radius 2 is 1.89 bits per heavy atom. The summed E-state index contributed by atoms with van der Waals surface area (Å²) in [4.78, 5) is 3.99. The number of thioether (sulfide) groups is 1. The summed E-state index contributed by atoms with van der Waals surface area (Å²) in [5.41, 5.74) is 1.65. The fourth-order valence-corrected chi connectivity index (χ4v) is 3.37. The van der Waals surface area contributed by atoms with Crippen molar-refractivity contribution in [2.24, 2.45) is 0 Å². The zero-order chi connectivity index (χ0) is 18.6. The molecule has 0 amide bonds. The van der Waals surface area contributed by atoms with Crippen LogP contribution in [-0.4, -0.2) is 35.8 Å². The van der Waals surface area contributed by atoms with Crippen LogP contribution in [0.15, 0.2) is 58.4 Å². The molecule has 0 bridgehead atoms. The molecule has 0 aliphatic rings. The van der Waals surface area contributed by atoms with Crippen LogP contribution in [0.25, 0.3) is 22.8 Å². The Labute approximate surface area is 163 Å². The van der Waals surface area contributed by atoms with Crippen LogP contribution in [0, 0.1) is 0 Å². The second kappa shape index (κ2) is 7.77. The summed E-state index contributed by atoms with van der Waals surface area (Å²) in [7, 11) is 0. The third kappa shape index (κ3) is 3.93. The first-order valence-corrected chi connectivity index (χ1v) is 9.39. The van der Waals surface area contributed by atoms with Crippen LogP contribution in [-0.2, 0) is 6.42 Å². The Bertz CT molecular complexity index is 1050. The SMILES string of the molecule is Nn1c(SCCc2nnc(-c3cccc(Cl)c3)o2)nnc1-c1ccncc1. The monoisotopic (exact) mass is 399 g/mol. The molecule has 136 valence electrons. The van der Waals surface area contributed by atoms with E-state index in [9.17, 15) is 0 Å². The third-order valence-electron chi connectivity index (χ3n) is 3.69. The van der Waals surface area contributed by atoms with Gasteiger partial charge in [0.1, 0.15) is 0 Å². The summed E-state index contributed by atoms with van der Waals surface area (Å²) in [5.74, 6) is 8.33. The van der Waals surface area contributed by atoms with Crippen LogP contribution in [0.4, 0.5) is 0 Å². The fourth-order valence-electron chi connectivity index (χ4n) is 2.40. The summed E-state index contributed by atoms with van der Waals surface area (Å²) in [6.07, 6.45) is 3.95. The Kier molecular flexibility index (Phi) is 5.03. The largest absolute Gasteiger partial charge is 0.421 e. The van der Waals surface area contributed by atoms with E-state index in [4.69, 9.17) is 21.9 Å². The molecule has 8 nitrogen and oxygen atoms in total. The molecule has 10 heteroatoms. The van der Waals surface area contributed by atoms with E-state index in [0.717, 1.165) is 11.1 Å². The minimum absolute atomic E-state index is 0.444. The Hall–Kier alpha value is -2.91. The molecule has 0 atom stereocenters. The predicted molar refractivity (Wildman–Crippen MR) is 103 cm³/mol. The van der Waals surface area contributed by atoms with Gasteiger partial charge in [0.2, 0.25) is 16.9 Å². The van der Waals surface area contributed by atoms with Gasteiger partial charge in [0.25, 0.3) is 0 Å². The van der Waals surface area contributed by atoms with Crippen molar-refractivity contribution in [1.29, 1.82) is 0 Å². The van der Waals surface area contributed by atoms with Crippen LogP contribution in [0.2, 0.25) is 5.02 Å². The topological polar surface area (TPSA) is 109 Å². The van der Waals surface area contributed by atoms with Gasteiger partial charge < -0.3 is 10.3 Å². The third-order valence-corrected chi connectivity index (χ3v) is 4.87. The van der Waals surface area contributed by atoms with Gasteiger partial charge in [-0.3, -0.25) is 4.98 Å². The summed E-state index contributed by atoms with van der Waals surface area (Å²) in [6.45, 7) is 0. The van der Waals surface area contributed by atoms with Crippen molar-refractivity contribution in [2.75, 3.05) is 11.6 Å². The Balaban J connectivity index is 1.39. The molecule has 0 saturated carbocycles. The first-order valence-electron chi connectivity index (χ1n) is 8.03. The highest BCUT2D eigenvalue weighted by molar-refractivity contribution is 7.99. The highest BCUT2D eigenvalue weighted by Gasteiger charge is 2.13. The van der Waals surface area contributed by atoms with Gasteiger partial charge >= 0.3 is 0 Å². The lowest BCUT2D eigenvalue weighted by atomic mass is 10.2. The molecule has 0 fully saturated rings. The number of aromatic nitrogens is 6. The first-order chi connectivity index (χ1) is 13.2. The molecule has 4 rings (SSSR count). The number of pyridine rings is 1. The number of hydrogen-bond donors (Lipinski definition) is 1. The summed E-state index contributed by atoms with van der Waals surface area (Å²) in [6, 6.07) is 10.9. The van der Waals surface area contributed by atoms with Crippen molar-refractivity contribution >= 4 is 23.4 Å².